The van der Waals surface area contributed by atoms with Crippen LogP contribution in [0.2, 0.25) is 0 Å². The summed E-state index contributed by atoms with van der Waals surface area (Å²) >= 11 is 0. The van der Waals surface area contributed by atoms with E-state index in [1.807, 2.05) is 29.2 Å². The number of piperidine rings is 1. The first-order chi connectivity index (χ1) is 14.9. The fourth-order valence-corrected chi connectivity index (χ4v) is 4.59. The highest BCUT2D eigenvalue weighted by atomic mass is 19.1. The Morgan fingerprint density at radius 2 is 1.65 bits per heavy atom. The van der Waals surface area contributed by atoms with E-state index in [2.05, 4.69) is 19.2 Å². The van der Waals surface area contributed by atoms with Crippen molar-refractivity contribution in [3.63, 3.8) is 0 Å². The molecule has 166 valence electrons. The van der Waals surface area contributed by atoms with Crippen LogP contribution in [-0.4, -0.2) is 30.5 Å². The first-order valence-corrected chi connectivity index (χ1v) is 11.4. The predicted octanol–water partition coefficient (Wildman–Crippen LogP) is 4.78. The molecular weight excluding hydrogens is 391 g/mol. The standard InChI is InChI=1S/C26H33FN2O2/c1-19(2)18-31-23-9-5-21(6-10-23)17-29(16-20-3-7-22(27)8-4-20)25(30)24-15-26(24)11-13-28-14-12-26/h3-10,19,24,28H,11-18H2,1-2H3/t24-/m0/s1. The van der Waals surface area contributed by atoms with E-state index in [4.69, 9.17) is 4.74 Å². The molecule has 1 spiro atoms. The van der Waals surface area contributed by atoms with Crippen LogP contribution in [0.4, 0.5) is 4.39 Å². The van der Waals surface area contributed by atoms with Gasteiger partial charge in [-0.1, -0.05) is 38.1 Å². The number of nitrogens with zero attached hydrogens (tertiary/aromatic N) is 1. The second kappa shape index (κ2) is 9.39. The van der Waals surface area contributed by atoms with E-state index in [1.54, 1.807) is 12.1 Å². The molecule has 0 radical (unpaired) electrons. The summed E-state index contributed by atoms with van der Waals surface area (Å²) in [4.78, 5) is 15.4. The number of carbonyl (C=O) groups excluding carboxylic acids is 1. The Bertz CT molecular complexity index is 873. The van der Waals surface area contributed by atoms with Gasteiger partial charge < -0.3 is 15.0 Å². The topological polar surface area (TPSA) is 41.6 Å². The maximum atomic E-state index is 13.5. The van der Waals surface area contributed by atoms with Crippen molar-refractivity contribution < 1.29 is 13.9 Å². The number of halogens is 1. The van der Waals surface area contributed by atoms with Crippen LogP contribution in [0, 0.1) is 23.1 Å². The van der Waals surface area contributed by atoms with Crippen molar-refractivity contribution in [2.45, 2.75) is 46.2 Å². The van der Waals surface area contributed by atoms with Crippen LogP contribution in [0.3, 0.4) is 0 Å². The lowest BCUT2D eigenvalue weighted by molar-refractivity contribution is -0.135. The van der Waals surface area contributed by atoms with Crippen LogP contribution in [0.1, 0.15) is 44.2 Å². The Hall–Kier alpha value is -2.40. The van der Waals surface area contributed by atoms with Crippen molar-refractivity contribution in [3.8, 4) is 5.75 Å². The SMILES string of the molecule is CC(C)COc1ccc(CN(Cc2ccc(F)cc2)C(=O)[C@@H]2CC23CCNCC3)cc1. The monoisotopic (exact) mass is 424 g/mol. The van der Waals surface area contributed by atoms with Crippen LogP contribution in [0.25, 0.3) is 0 Å². The van der Waals surface area contributed by atoms with Crippen LogP contribution < -0.4 is 10.1 Å². The predicted molar refractivity (Wildman–Crippen MR) is 120 cm³/mol. The van der Waals surface area contributed by atoms with E-state index in [0.717, 1.165) is 49.2 Å². The minimum absolute atomic E-state index is 0.115. The molecule has 2 aromatic carbocycles. The summed E-state index contributed by atoms with van der Waals surface area (Å²) in [5, 5.41) is 3.40. The normalized spacial score (nSPS) is 19.4. The molecule has 0 aromatic heterocycles. The molecule has 2 aromatic rings. The van der Waals surface area contributed by atoms with Crippen molar-refractivity contribution >= 4 is 5.91 Å². The van der Waals surface area contributed by atoms with Crippen LogP contribution in [0.5, 0.6) is 5.75 Å². The molecule has 0 bridgehead atoms. The molecule has 5 heteroatoms. The number of benzene rings is 2. The summed E-state index contributed by atoms with van der Waals surface area (Å²) < 4.78 is 19.1. The molecule has 0 unspecified atom stereocenters. The van der Waals surface area contributed by atoms with Gasteiger partial charge >= 0.3 is 0 Å². The minimum Gasteiger partial charge on any atom is -0.493 e. The number of nitrogens with one attached hydrogen (secondary N) is 1. The van der Waals surface area contributed by atoms with Crippen molar-refractivity contribution in [3.05, 3.63) is 65.5 Å². The quantitative estimate of drug-likeness (QED) is 0.663. The Labute approximate surface area is 184 Å². The Morgan fingerprint density at radius 1 is 1.06 bits per heavy atom. The van der Waals surface area contributed by atoms with E-state index in [0.29, 0.717) is 25.6 Å². The molecule has 4 nitrogen and oxygen atoms in total. The van der Waals surface area contributed by atoms with Gasteiger partial charge in [-0.25, -0.2) is 4.39 Å². The number of hydrogen-bond acceptors (Lipinski definition) is 3. The van der Waals surface area contributed by atoms with Crippen molar-refractivity contribution in [2.24, 2.45) is 17.3 Å². The zero-order chi connectivity index (χ0) is 21.8. The number of amides is 1. The lowest BCUT2D eigenvalue weighted by Crippen LogP contribution is -2.36. The smallest absolute Gasteiger partial charge is 0.226 e. The summed E-state index contributed by atoms with van der Waals surface area (Å²) in [6.45, 7) is 7.98. The van der Waals surface area contributed by atoms with Gasteiger partial charge in [0.1, 0.15) is 11.6 Å². The molecule has 1 amide bonds. The van der Waals surface area contributed by atoms with Crippen molar-refractivity contribution in [2.75, 3.05) is 19.7 Å². The van der Waals surface area contributed by atoms with Crippen LogP contribution >= 0.6 is 0 Å². The molecule has 4 rings (SSSR count). The Morgan fingerprint density at radius 3 is 2.23 bits per heavy atom. The fraction of sp³-hybridized carbons (Fsp3) is 0.500. The maximum Gasteiger partial charge on any atom is 0.226 e. The molecular formula is C26H33FN2O2. The number of ether oxygens (including phenoxy) is 1. The largest absolute Gasteiger partial charge is 0.493 e. The van der Waals surface area contributed by atoms with Crippen LogP contribution in [-0.2, 0) is 17.9 Å². The third-order valence-corrected chi connectivity index (χ3v) is 6.57. The van der Waals surface area contributed by atoms with E-state index in [9.17, 15) is 9.18 Å². The lowest BCUT2D eigenvalue weighted by Gasteiger charge is -2.27. The second-order valence-corrected chi connectivity index (χ2v) is 9.54. The van der Waals surface area contributed by atoms with Gasteiger partial charge in [-0.2, -0.15) is 0 Å². The first-order valence-electron chi connectivity index (χ1n) is 11.4. The average Bonchev–Trinajstić information content (AvgIpc) is 3.46. The highest BCUT2D eigenvalue weighted by Gasteiger charge is 2.58. The van der Waals surface area contributed by atoms with Crippen molar-refractivity contribution in [1.82, 2.24) is 10.2 Å². The molecule has 2 aliphatic rings. The van der Waals surface area contributed by atoms with Crippen LogP contribution in [0.15, 0.2) is 48.5 Å². The molecule has 2 fully saturated rings. The molecule has 1 saturated heterocycles. The number of carbonyl (C=O) groups is 1. The van der Waals surface area contributed by atoms with Gasteiger partial charge in [0.2, 0.25) is 5.91 Å². The Kier molecular flexibility index (Phi) is 6.61. The van der Waals surface area contributed by atoms with Gasteiger partial charge in [-0.05, 0) is 79.1 Å². The summed E-state index contributed by atoms with van der Waals surface area (Å²) in [5.74, 6) is 1.42. The van der Waals surface area contributed by atoms with Gasteiger partial charge in [0.15, 0.2) is 0 Å². The third-order valence-electron chi connectivity index (χ3n) is 6.57. The first kappa shape index (κ1) is 21.8. The lowest BCUT2D eigenvalue weighted by atomic mass is 9.91. The van der Waals surface area contributed by atoms with Gasteiger partial charge in [0.05, 0.1) is 6.61 Å². The zero-order valence-corrected chi connectivity index (χ0v) is 18.6. The van der Waals surface area contributed by atoms with E-state index in [1.165, 1.54) is 12.1 Å². The van der Waals surface area contributed by atoms with E-state index < -0.39 is 0 Å². The van der Waals surface area contributed by atoms with E-state index >= 15 is 0 Å². The number of hydrogen-bond donors (Lipinski definition) is 1. The summed E-state index contributed by atoms with van der Waals surface area (Å²) in [7, 11) is 0. The van der Waals surface area contributed by atoms with Gasteiger partial charge in [-0.3, -0.25) is 4.79 Å². The number of rotatable bonds is 8. The fourth-order valence-electron chi connectivity index (χ4n) is 4.59. The molecule has 1 saturated carbocycles. The molecule has 1 aliphatic heterocycles. The van der Waals surface area contributed by atoms with Gasteiger partial charge in [0.25, 0.3) is 0 Å². The van der Waals surface area contributed by atoms with Crippen molar-refractivity contribution in [1.29, 1.82) is 0 Å². The summed E-state index contributed by atoms with van der Waals surface area (Å²) in [6, 6.07) is 14.5. The summed E-state index contributed by atoms with van der Waals surface area (Å²) in [6.07, 6.45) is 3.15. The van der Waals surface area contributed by atoms with Gasteiger partial charge in [0, 0.05) is 19.0 Å². The second-order valence-electron chi connectivity index (χ2n) is 9.54. The van der Waals surface area contributed by atoms with E-state index in [-0.39, 0.29) is 23.1 Å². The average molecular weight is 425 g/mol. The Balaban J connectivity index is 1.47. The summed E-state index contributed by atoms with van der Waals surface area (Å²) in [5.41, 5.74) is 2.22. The highest BCUT2D eigenvalue weighted by Crippen LogP contribution is 2.59. The molecule has 1 aliphatic carbocycles. The molecule has 1 heterocycles. The minimum atomic E-state index is -0.255. The maximum absolute atomic E-state index is 13.5. The molecule has 1 atom stereocenters. The molecule has 1 N–H and O–H groups in total. The zero-order valence-electron chi connectivity index (χ0n) is 18.6. The molecule has 31 heavy (non-hydrogen) atoms. The van der Waals surface area contributed by atoms with Gasteiger partial charge in [-0.15, -0.1) is 0 Å². The highest BCUT2D eigenvalue weighted by molar-refractivity contribution is 5.82. The third kappa shape index (κ3) is 5.45.